The summed E-state index contributed by atoms with van der Waals surface area (Å²) in [6.45, 7) is 2.32. The van der Waals surface area contributed by atoms with Crippen LogP contribution in [0.15, 0.2) is 42.6 Å². The summed E-state index contributed by atoms with van der Waals surface area (Å²) >= 11 is 5.77. The Kier molecular flexibility index (Phi) is 5.19. The third-order valence-electron chi connectivity index (χ3n) is 4.00. The first kappa shape index (κ1) is 17.2. The average Bonchev–Trinajstić information content (AvgIpc) is 3.05. The van der Waals surface area contributed by atoms with E-state index >= 15 is 0 Å². The number of aromatic amines is 1. The van der Waals surface area contributed by atoms with Crippen LogP contribution < -0.4 is 10.6 Å². The van der Waals surface area contributed by atoms with Crippen molar-refractivity contribution in [1.29, 1.82) is 0 Å². The first-order valence-electron chi connectivity index (χ1n) is 7.94. The molecule has 0 radical (unpaired) electrons. The van der Waals surface area contributed by atoms with Crippen molar-refractivity contribution in [1.82, 2.24) is 20.8 Å². The number of amides is 2. The molecule has 2 amide bonds. The molecule has 0 saturated carbocycles. The number of urea groups is 1. The van der Waals surface area contributed by atoms with Gasteiger partial charge >= 0.3 is 6.03 Å². The van der Waals surface area contributed by atoms with Gasteiger partial charge in [-0.15, -0.1) is 0 Å². The Morgan fingerprint density at radius 1 is 1.32 bits per heavy atom. The first-order valence-corrected chi connectivity index (χ1v) is 8.32. The van der Waals surface area contributed by atoms with E-state index in [1.165, 1.54) is 12.1 Å². The molecule has 130 valence electrons. The maximum absolute atomic E-state index is 13.2. The molecule has 1 heterocycles. The largest absolute Gasteiger partial charge is 0.338 e. The smallest absolute Gasteiger partial charge is 0.315 e. The number of rotatable bonds is 5. The molecule has 0 bridgehead atoms. The summed E-state index contributed by atoms with van der Waals surface area (Å²) in [5, 5.41) is 13.6. The highest BCUT2D eigenvalue weighted by Gasteiger charge is 2.11. The second-order valence-electron chi connectivity index (χ2n) is 5.84. The summed E-state index contributed by atoms with van der Waals surface area (Å²) in [5.74, 6) is -0.476. The molecule has 1 atom stereocenters. The second-order valence-corrected chi connectivity index (χ2v) is 6.24. The first-order chi connectivity index (χ1) is 12.0. The fourth-order valence-corrected chi connectivity index (χ4v) is 2.76. The highest BCUT2D eigenvalue weighted by Crippen LogP contribution is 2.20. The van der Waals surface area contributed by atoms with Crippen molar-refractivity contribution in [2.24, 2.45) is 0 Å². The lowest BCUT2D eigenvalue weighted by molar-refractivity contribution is 0.238. The van der Waals surface area contributed by atoms with Gasteiger partial charge in [0.1, 0.15) is 5.82 Å². The van der Waals surface area contributed by atoms with E-state index in [9.17, 15) is 9.18 Å². The molecule has 0 aliphatic rings. The summed E-state index contributed by atoms with van der Waals surface area (Å²) in [6.07, 6.45) is 2.48. The second kappa shape index (κ2) is 7.53. The van der Waals surface area contributed by atoms with E-state index in [1.807, 2.05) is 25.1 Å². The molecule has 1 aromatic heterocycles. The highest BCUT2D eigenvalue weighted by molar-refractivity contribution is 6.30. The van der Waals surface area contributed by atoms with Crippen molar-refractivity contribution >= 4 is 28.5 Å². The van der Waals surface area contributed by atoms with Crippen LogP contribution >= 0.6 is 11.6 Å². The molecule has 1 unspecified atom stereocenters. The molecular formula is C18H18ClFN4O. The van der Waals surface area contributed by atoms with E-state index in [0.717, 1.165) is 22.0 Å². The average molecular weight is 361 g/mol. The minimum atomic E-state index is -0.476. The van der Waals surface area contributed by atoms with Crippen LogP contribution in [0, 0.1) is 5.82 Å². The molecule has 3 aromatic rings. The number of H-pyrrole nitrogens is 1. The molecule has 5 nitrogen and oxygen atoms in total. The topological polar surface area (TPSA) is 69.8 Å². The lowest BCUT2D eigenvalue weighted by atomic mass is 10.1. The maximum atomic E-state index is 13.2. The molecule has 25 heavy (non-hydrogen) atoms. The predicted molar refractivity (Wildman–Crippen MR) is 96.2 cm³/mol. The van der Waals surface area contributed by atoms with Crippen molar-refractivity contribution in [3.63, 3.8) is 0 Å². The SMILES string of the molecule is CC(NC(=O)NCCc1ccc2cn[nH]c2c1)c1ccc(F)c(Cl)c1. The summed E-state index contributed by atoms with van der Waals surface area (Å²) < 4.78 is 13.2. The van der Waals surface area contributed by atoms with Gasteiger partial charge in [0.05, 0.1) is 22.8 Å². The zero-order valence-corrected chi connectivity index (χ0v) is 14.4. The van der Waals surface area contributed by atoms with Crippen molar-refractivity contribution < 1.29 is 9.18 Å². The van der Waals surface area contributed by atoms with E-state index in [2.05, 4.69) is 20.8 Å². The Labute approximate surface area is 149 Å². The van der Waals surface area contributed by atoms with Gasteiger partial charge in [0.2, 0.25) is 0 Å². The number of nitrogens with one attached hydrogen (secondary N) is 3. The molecule has 0 aliphatic carbocycles. The van der Waals surface area contributed by atoms with Crippen molar-refractivity contribution in [2.75, 3.05) is 6.54 Å². The van der Waals surface area contributed by atoms with E-state index < -0.39 is 5.82 Å². The number of aromatic nitrogens is 2. The third-order valence-corrected chi connectivity index (χ3v) is 4.29. The Morgan fingerprint density at radius 2 is 2.16 bits per heavy atom. The van der Waals surface area contributed by atoms with Crippen molar-refractivity contribution in [3.8, 4) is 0 Å². The van der Waals surface area contributed by atoms with Crippen LogP contribution in [0.1, 0.15) is 24.1 Å². The fraction of sp³-hybridized carbons (Fsp3) is 0.222. The number of fused-ring (bicyclic) bond motifs is 1. The molecule has 0 aliphatic heterocycles. The van der Waals surface area contributed by atoms with Crippen LogP contribution in [-0.2, 0) is 6.42 Å². The normalized spacial score (nSPS) is 12.1. The summed E-state index contributed by atoms with van der Waals surface area (Å²) in [5.41, 5.74) is 2.82. The van der Waals surface area contributed by atoms with Crippen LogP contribution in [0.4, 0.5) is 9.18 Å². The van der Waals surface area contributed by atoms with Gasteiger partial charge in [-0.1, -0.05) is 29.8 Å². The lowest BCUT2D eigenvalue weighted by Gasteiger charge is -2.15. The monoisotopic (exact) mass is 360 g/mol. The van der Waals surface area contributed by atoms with Gasteiger partial charge < -0.3 is 10.6 Å². The minimum Gasteiger partial charge on any atom is -0.338 e. The van der Waals surface area contributed by atoms with E-state index in [1.54, 1.807) is 12.3 Å². The number of hydrogen-bond acceptors (Lipinski definition) is 2. The van der Waals surface area contributed by atoms with Gasteiger partial charge in [-0.25, -0.2) is 9.18 Å². The maximum Gasteiger partial charge on any atom is 0.315 e. The van der Waals surface area contributed by atoms with Crippen LogP contribution in [0.2, 0.25) is 5.02 Å². The Balaban J connectivity index is 1.49. The number of hydrogen-bond donors (Lipinski definition) is 3. The zero-order valence-electron chi connectivity index (χ0n) is 13.6. The molecule has 0 fully saturated rings. The van der Waals surface area contributed by atoms with Crippen LogP contribution in [0.3, 0.4) is 0 Å². The number of nitrogens with zero attached hydrogens (tertiary/aromatic N) is 1. The lowest BCUT2D eigenvalue weighted by Crippen LogP contribution is -2.38. The Morgan fingerprint density at radius 3 is 2.96 bits per heavy atom. The Hall–Kier alpha value is -2.60. The highest BCUT2D eigenvalue weighted by atomic mass is 35.5. The minimum absolute atomic E-state index is 0.0424. The van der Waals surface area contributed by atoms with Crippen molar-refractivity contribution in [2.45, 2.75) is 19.4 Å². The summed E-state index contributed by atoms with van der Waals surface area (Å²) in [6, 6.07) is 9.88. The molecular weight excluding hydrogens is 343 g/mol. The van der Waals surface area contributed by atoms with Crippen molar-refractivity contribution in [3.05, 3.63) is 64.6 Å². The van der Waals surface area contributed by atoms with Gasteiger partial charge in [0.15, 0.2) is 0 Å². The van der Waals surface area contributed by atoms with Gasteiger partial charge in [-0.2, -0.15) is 5.10 Å². The quantitative estimate of drug-likeness (QED) is 0.644. The van der Waals surface area contributed by atoms with E-state index in [0.29, 0.717) is 13.0 Å². The summed E-state index contributed by atoms with van der Waals surface area (Å²) in [4.78, 5) is 12.0. The number of halogens is 2. The number of carbonyl (C=O) groups excluding carboxylic acids is 1. The van der Waals surface area contributed by atoms with Crippen LogP contribution in [-0.4, -0.2) is 22.8 Å². The molecule has 3 rings (SSSR count). The number of carbonyl (C=O) groups is 1. The van der Waals surface area contributed by atoms with Crippen LogP contribution in [0.25, 0.3) is 10.9 Å². The van der Waals surface area contributed by atoms with E-state index in [-0.39, 0.29) is 17.1 Å². The Bertz CT molecular complexity index is 896. The number of benzene rings is 2. The van der Waals surface area contributed by atoms with Gasteiger partial charge in [0.25, 0.3) is 0 Å². The fourth-order valence-electron chi connectivity index (χ4n) is 2.57. The molecule has 3 N–H and O–H groups in total. The summed E-state index contributed by atoms with van der Waals surface area (Å²) in [7, 11) is 0. The molecule has 7 heteroatoms. The van der Waals surface area contributed by atoms with E-state index in [4.69, 9.17) is 11.6 Å². The predicted octanol–water partition coefficient (Wildman–Crippen LogP) is 3.96. The third kappa shape index (κ3) is 4.28. The molecule has 0 saturated heterocycles. The van der Waals surface area contributed by atoms with Gasteiger partial charge in [0, 0.05) is 11.9 Å². The van der Waals surface area contributed by atoms with Gasteiger partial charge in [-0.05, 0) is 42.7 Å². The van der Waals surface area contributed by atoms with Crippen LogP contribution in [0.5, 0.6) is 0 Å². The zero-order chi connectivity index (χ0) is 17.8. The molecule has 0 spiro atoms. The standard InChI is InChI=1S/C18H18ClFN4O/c1-11(13-4-5-16(20)15(19)9-13)23-18(25)21-7-6-12-2-3-14-10-22-24-17(14)8-12/h2-5,8-11H,6-7H2,1H3,(H,22,24)(H2,21,23,25). The van der Waals surface area contributed by atoms with Gasteiger partial charge in [-0.3, -0.25) is 5.10 Å². The molecule has 2 aromatic carbocycles.